The van der Waals surface area contributed by atoms with Gasteiger partial charge in [0.1, 0.15) is 32.3 Å². The third kappa shape index (κ3) is 25.3. The normalized spacial score (nSPS) is 30.2. The molecule has 3 aliphatic heterocycles. The van der Waals surface area contributed by atoms with Crippen molar-refractivity contribution in [3.8, 4) is 0 Å². The van der Waals surface area contributed by atoms with Gasteiger partial charge in [0.25, 0.3) is 0 Å². The van der Waals surface area contributed by atoms with Gasteiger partial charge in [-0.2, -0.15) is 0 Å². The topological polar surface area (TPSA) is 263 Å². The third-order valence-corrected chi connectivity index (χ3v) is 16.0. The van der Waals surface area contributed by atoms with Gasteiger partial charge < -0.3 is 73.2 Å². The maximum Gasteiger partial charge on any atom is 0.302 e. The molecule has 2 amide bonds. The largest absolute Gasteiger partial charge is 0.463 e. The van der Waals surface area contributed by atoms with Crippen LogP contribution < -0.4 is 16.4 Å². The van der Waals surface area contributed by atoms with E-state index < -0.39 is 24.4 Å². The van der Waals surface area contributed by atoms with E-state index in [0.717, 1.165) is 0 Å². The van der Waals surface area contributed by atoms with E-state index in [-0.39, 0.29) is 168 Å². The molecule has 0 spiro atoms. The second-order valence-corrected chi connectivity index (χ2v) is 22.1. The van der Waals surface area contributed by atoms with Crippen LogP contribution in [-0.4, -0.2) is 164 Å². The molecule has 3 fully saturated rings. The van der Waals surface area contributed by atoms with Crippen LogP contribution in [0.1, 0.15) is 141 Å². The number of amides is 2. The van der Waals surface area contributed by atoms with Crippen LogP contribution in [0.2, 0.25) is 0 Å². The molecule has 7 unspecified atom stereocenters. The lowest BCUT2D eigenvalue weighted by molar-refractivity contribution is -0.255. The van der Waals surface area contributed by atoms with Crippen LogP contribution in [0.15, 0.2) is 0 Å². The quantitative estimate of drug-likeness (QED) is 0.0294. The van der Waals surface area contributed by atoms with E-state index in [4.69, 9.17) is 62.6 Å². The van der Waals surface area contributed by atoms with Crippen LogP contribution in [0, 0.1) is 53.3 Å². The van der Waals surface area contributed by atoms with Crippen molar-refractivity contribution in [3.05, 3.63) is 0 Å². The summed E-state index contributed by atoms with van der Waals surface area (Å²) in [6.45, 7) is 25.2. The molecule has 4 N–H and O–H groups in total. The Morgan fingerprint density at radius 1 is 0.429 bits per heavy atom. The lowest BCUT2D eigenvalue weighted by atomic mass is 9.79. The molecule has 21 heteroatoms. The van der Waals surface area contributed by atoms with Crippen molar-refractivity contribution in [2.45, 2.75) is 184 Å². The molecule has 446 valence electrons. The van der Waals surface area contributed by atoms with E-state index in [1.807, 2.05) is 0 Å². The monoisotopic (exact) mass is 1100 g/mol. The summed E-state index contributed by atoms with van der Waals surface area (Å²) in [5, 5.41) is 5.66. The van der Waals surface area contributed by atoms with E-state index in [1.54, 1.807) is 0 Å². The Bertz CT molecular complexity index is 1570. The molecule has 0 aromatic carbocycles. The molecule has 16 atom stereocenters. The van der Waals surface area contributed by atoms with Crippen molar-refractivity contribution < 1.29 is 85.6 Å². The van der Waals surface area contributed by atoms with Gasteiger partial charge in [-0.25, -0.2) is 0 Å². The highest BCUT2D eigenvalue weighted by Crippen LogP contribution is 2.38. The van der Waals surface area contributed by atoms with E-state index in [9.17, 15) is 28.8 Å². The molecule has 3 saturated heterocycles. The van der Waals surface area contributed by atoms with Crippen molar-refractivity contribution in [2.24, 2.45) is 59.0 Å². The minimum atomic E-state index is -1.17. The number of carbonyl (C=O) groups is 6. The SMILES string of the molecule is CC(=O)OCC1O[C@@H](OCCCCC(=O)CCOCC(N)(COCCC(=O)NCCCO[C@@H]2OC(COC(C)=O)[C@H](C)[C@H](C)C2C)COCNC(=O)CCCCO[C@@H]2OC(COC(C)=O)[C@H](C)[C@H](C)C2C)C(C)[C@@H](C)[C@H]1C. The minimum Gasteiger partial charge on any atom is -0.463 e. The number of nitrogens with two attached hydrogens (primary N) is 1. The Balaban J connectivity index is 1.39. The molecule has 3 rings (SSSR count). The number of ether oxygens (including phenoxy) is 12. The number of ketones is 1. The zero-order valence-corrected chi connectivity index (χ0v) is 48.6. The molecule has 77 heavy (non-hydrogen) atoms. The predicted octanol–water partition coefficient (Wildman–Crippen LogP) is 5.64. The number of hydrogen-bond acceptors (Lipinski definition) is 19. The number of unbranched alkanes of at least 4 members (excludes halogenated alkanes) is 2. The van der Waals surface area contributed by atoms with Crippen molar-refractivity contribution in [2.75, 3.05) is 86.0 Å². The summed E-state index contributed by atoms with van der Waals surface area (Å²) in [6.07, 6.45) is 1.87. The van der Waals surface area contributed by atoms with Crippen LogP contribution in [0.3, 0.4) is 0 Å². The van der Waals surface area contributed by atoms with Gasteiger partial charge in [0.2, 0.25) is 11.8 Å². The summed E-state index contributed by atoms with van der Waals surface area (Å²) in [7, 11) is 0. The van der Waals surface area contributed by atoms with Crippen LogP contribution in [0.4, 0.5) is 0 Å². The molecule has 3 heterocycles. The van der Waals surface area contributed by atoms with Gasteiger partial charge in [-0.3, -0.25) is 28.8 Å². The summed E-state index contributed by atoms with van der Waals surface area (Å²) >= 11 is 0. The number of rotatable bonds is 37. The lowest BCUT2D eigenvalue weighted by Crippen LogP contribution is -2.53. The molecule has 21 nitrogen and oxygen atoms in total. The fourth-order valence-corrected chi connectivity index (χ4v) is 9.63. The van der Waals surface area contributed by atoms with Gasteiger partial charge in [0.15, 0.2) is 18.9 Å². The standard InChI is InChI=1S/C56H99N3O18/c1-35-38(4)48(28-72-44(10)60)75-53(41(35)7)69-23-15-13-18-47(63)20-26-66-31-56(57,32-67-27-21-52(65)58-22-17-25-71-55-43(9)37(3)40(6)50(77-55)30-74-46(12)62)33-68-34-59-51(64)19-14-16-24-70-54-42(8)36(2)39(5)49(76-54)29-73-45(11)61/h35-43,48-50,53-55H,13-34,57H2,1-12H3,(H,58,65)(H,59,64)/t35-,36-,37-,38+,39+,40+,41?,42?,43?,48?,49?,50?,53+,54+,55+,56?/m0/s1. The number of esters is 3. The van der Waals surface area contributed by atoms with Crippen LogP contribution in [0.25, 0.3) is 0 Å². The summed E-state index contributed by atoms with van der Waals surface area (Å²) in [4.78, 5) is 72.4. The number of hydrogen-bond donors (Lipinski definition) is 3. The van der Waals surface area contributed by atoms with Crippen LogP contribution in [0.5, 0.6) is 0 Å². The Labute approximate surface area is 459 Å². The molecule has 3 aliphatic rings. The molecular formula is C56H99N3O18. The fraction of sp³-hybridized carbons (Fsp3) is 0.893. The highest BCUT2D eigenvalue weighted by atomic mass is 16.7. The Hall–Kier alpha value is -3.38. The first kappa shape index (κ1) is 67.9. The maximum absolute atomic E-state index is 12.8. The maximum atomic E-state index is 12.8. The van der Waals surface area contributed by atoms with Gasteiger partial charge in [0, 0.05) is 84.0 Å². The molecular weight excluding hydrogens is 1000 g/mol. The van der Waals surface area contributed by atoms with Crippen LogP contribution in [-0.2, 0) is 85.6 Å². The molecule has 0 aromatic heterocycles. The van der Waals surface area contributed by atoms with Gasteiger partial charge in [-0.05, 0) is 67.6 Å². The molecule has 0 aromatic rings. The van der Waals surface area contributed by atoms with E-state index in [0.29, 0.717) is 82.6 Å². The molecule has 0 aliphatic carbocycles. The minimum absolute atomic E-state index is 0.0135. The summed E-state index contributed by atoms with van der Waals surface area (Å²) in [5.74, 6) is 0.494. The first-order valence-corrected chi connectivity index (χ1v) is 28.3. The summed E-state index contributed by atoms with van der Waals surface area (Å²) in [5.41, 5.74) is 5.59. The molecule has 0 saturated carbocycles. The van der Waals surface area contributed by atoms with E-state index in [2.05, 4.69) is 72.9 Å². The summed E-state index contributed by atoms with van der Waals surface area (Å²) in [6, 6.07) is 0. The average molecular weight is 1100 g/mol. The van der Waals surface area contributed by atoms with Gasteiger partial charge in [0.05, 0.1) is 63.5 Å². The van der Waals surface area contributed by atoms with Gasteiger partial charge in [-0.1, -0.05) is 62.3 Å². The zero-order chi connectivity index (χ0) is 57.1. The molecule has 0 bridgehead atoms. The van der Waals surface area contributed by atoms with Gasteiger partial charge in [-0.15, -0.1) is 0 Å². The Morgan fingerprint density at radius 3 is 1.23 bits per heavy atom. The van der Waals surface area contributed by atoms with Crippen LogP contribution >= 0.6 is 0 Å². The second kappa shape index (κ2) is 36.1. The summed E-state index contributed by atoms with van der Waals surface area (Å²) < 4.78 is 70.0. The van der Waals surface area contributed by atoms with Crippen molar-refractivity contribution in [3.63, 3.8) is 0 Å². The molecule has 0 radical (unpaired) electrons. The van der Waals surface area contributed by atoms with Crippen molar-refractivity contribution >= 4 is 35.5 Å². The average Bonchev–Trinajstić information content (AvgIpc) is 3.38. The Morgan fingerprint density at radius 2 is 0.805 bits per heavy atom. The van der Waals surface area contributed by atoms with Gasteiger partial charge >= 0.3 is 17.9 Å². The van der Waals surface area contributed by atoms with Crippen molar-refractivity contribution in [1.82, 2.24) is 10.6 Å². The highest BCUT2D eigenvalue weighted by Gasteiger charge is 2.42. The van der Waals surface area contributed by atoms with E-state index in [1.165, 1.54) is 20.8 Å². The predicted molar refractivity (Wildman–Crippen MR) is 283 cm³/mol. The zero-order valence-electron chi connectivity index (χ0n) is 48.6. The third-order valence-electron chi connectivity index (χ3n) is 16.0. The highest BCUT2D eigenvalue weighted by molar-refractivity contribution is 5.78. The number of carbonyl (C=O) groups excluding carboxylic acids is 6. The van der Waals surface area contributed by atoms with Crippen molar-refractivity contribution in [1.29, 1.82) is 0 Å². The smallest absolute Gasteiger partial charge is 0.302 e. The second-order valence-electron chi connectivity index (χ2n) is 22.1. The van der Waals surface area contributed by atoms with E-state index >= 15 is 0 Å². The fourth-order valence-electron chi connectivity index (χ4n) is 9.63. The number of nitrogens with one attached hydrogen (secondary N) is 2. The lowest BCUT2D eigenvalue weighted by Gasteiger charge is -2.43. The first-order chi connectivity index (χ1) is 36.5. The Kier molecular flexibility index (Phi) is 31.8. The first-order valence-electron chi connectivity index (χ1n) is 28.3. The number of Topliss-reactive ketones (excluding diaryl/α,β-unsaturated/α-hetero) is 1.